The molecule has 0 bridgehead atoms. The van der Waals surface area contributed by atoms with Crippen molar-refractivity contribution in [2.24, 2.45) is 5.92 Å². The van der Waals surface area contributed by atoms with E-state index >= 15 is 0 Å². The maximum atomic E-state index is 11.5. The number of carbonyl (C=O) groups is 1. The standard InChI is InChI=1S/C45H91NO4SSi/c1-4-6-8-10-12-14-16-18-20-22-24-26-28-30-32-34-37-45-38-40-49-52(50-46-43-45,42-36-41-51-44(3)47)48-39-35-33-31-29-27-25-23-21-19-17-15-13-11-9-7-5-2/h45-46H,4-43H2,1-3H3. The Morgan fingerprint density at radius 1 is 0.596 bits per heavy atom. The van der Waals surface area contributed by atoms with E-state index in [0.29, 0.717) is 5.92 Å². The van der Waals surface area contributed by atoms with Gasteiger partial charge in [0.25, 0.3) is 0 Å². The number of hydrogen-bond donors (Lipinski definition) is 1. The molecule has 0 aromatic rings. The third-order valence-electron chi connectivity index (χ3n) is 11.2. The van der Waals surface area contributed by atoms with Crippen molar-refractivity contribution in [2.45, 2.75) is 252 Å². The molecule has 310 valence electrons. The van der Waals surface area contributed by atoms with Gasteiger partial charge in [-0.05, 0) is 31.6 Å². The van der Waals surface area contributed by atoms with E-state index in [4.69, 9.17) is 13.4 Å². The lowest BCUT2D eigenvalue weighted by atomic mass is 9.97. The quantitative estimate of drug-likeness (QED) is 0.0496. The van der Waals surface area contributed by atoms with Gasteiger partial charge in [-0.3, -0.25) is 9.32 Å². The van der Waals surface area contributed by atoms with Gasteiger partial charge in [0, 0.05) is 38.5 Å². The smallest absolute Gasteiger partial charge is 0.373 e. The largest absolute Gasteiger partial charge is 0.517 e. The van der Waals surface area contributed by atoms with E-state index in [1.807, 2.05) is 0 Å². The Hall–Kier alpha value is 0.0769. The highest BCUT2D eigenvalue weighted by Gasteiger charge is 2.42. The van der Waals surface area contributed by atoms with Gasteiger partial charge in [0.2, 0.25) is 0 Å². The molecule has 0 aromatic carbocycles. The molecule has 1 N–H and O–H groups in total. The van der Waals surface area contributed by atoms with Crippen molar-refractivity contribution in [3.63, 3.8) is 0 Å². The highest BCUT2D eigenvalue weighted by Crippen LogP contribution is 2.25. The first-order valence-electron chi connectivity index (χ1n) is 23.4. The molecule has 1 saturated heterocycles. The monoisotopic (exact) mass is 770 g/mol. The van der Waals surface area contributed by atoms with Crippen molar-refractivity contribution in [3.05, 3.63) is 0 Å². The summed E-state index contributed by atoms with van der Waals surface area (Å²) in [5.41, 5.74) is 3.33. The zero-order valence-corrected chi connectivity index (χ0v) is 37.2. The summed E-state index contributed by atoms with van der Waals surface area (Å²) in [6, 6.07) is 0.781. The Morgan fingerprint density at radius 3 is 1.42 bits per heavy atom. The van der Waals surface area contributed by atoms with Crippen LogP contribution in [0, 0.1) is 5.92 Å². The van der Waals surface area contributed by atoms with Gasteiger partial charge in [0.05, 0.1) is 0 Å². The van der Waals surface area contributed by atoms with Crippen LogP contribution in [0.15, 0.2) is 0 Å². The van der Waals surface area contributed by atoms with Crippen LogP contribution < -0.4 is 5.48 Å². The molecule has 0 radical (unpaired) electrons. The van der Waals surface area contributed by atoms with E-state index in [1.165, 1.54) is 217 Å². The summed E-state index contributed by atoms with van der Waals surface area (Å²) in [6.45, 7) is 8.58. The lowest BCUT2D eigenvalue weighted by Crippen LogP contribution is -2.52. The van der Waals surface area contributed by atoms with E-state index in [2.05, 4.69) is 19.3 Å². The molecule has 1 aliphatic rings. The van der Waals surface area contributed by atoms with Gasteiger partial charge in [0.1, 0.15) is 0 Å². The van der Waals surface area contributed by atoms with Crippen LogP contribution in [0.2, 0.25) is 6.04 Å². The summed E-state index contributed by atoms with van der Waals surface area (Å²) < 4.78 is 19.3. The Kier molecular flexibility index (Phi) is 37.9. The number of rotatable bonds is 39. The van der Waals surface area contributed by atoms with Gasteiger partial charge in [-0.25, -0.2) is 5.48 Å². The van der Waals surface area contributed by atoms with Crippen LogP contribution in [0.3, 0.4) is 0 Å². The van der Waals surface area contributed by atoms with E-state index in [-0.39, 0.29) is 5.12 Å². The number of hydrogen-bond acceptors (Lipinski definition) is 6. The average molecular weight is 770 g/mol. The fraction of sp³-hybridized carbons (Fsp3) is 0.978. The van der Waals surface area contributed by atoms with Crippen molar-refractivity contribution in [3.8, 4) is 0 Å². The van der Waals surface area contributed by atoms with Gasteiger partial charge < -0.3 is 8.85 Å². The predicted molar refractivity (Wildman–Crippen MR) is 231 cm³/mol. The first-order valence-corrected chi connectivity index (χ1v) is 26.4. The molecular weight excluding hydrogens is 679 g/mol. The molecule has 0 amide bonds. The first kappa shape index (κ1) is 50.1. The number of thioether (sulfide) groups is 1. The van der Waals surface area contributed by atoms with Gasteiger partial charge in [-0.2, -0.15) is 0 Å². The second-order valence-electron chi connectivity index (χ2n) is 16.3. The van der Waals surface area contributed by atoms with Gasteiger partial charge >= 0.3 is 8.80 Å². The Balaban J connectivity index is 2.11. The molecule has 1 heterocycles. The molecule has 0 spiro atoms. The van der Waals surface area contributed by atoms with Crippen molar-refractivity contribution in [1.82, 2.24) is 5.48 Å². The molecule has 5 nitrogen and oxygen atoms in total. The Labute approximate surface area is 331 Å². The maximum Gasteiger partial charge on any atom is 0.517 e. The molecule has 0 aliphatic carbocycles. The zero-order chi connectivity index (χ0) is 37.5. The third kappa shape index (κ3) is 33.4. The molecule has 1 rings (SSSR count). The molecule has 1 aliphatic heterocycles. The van der Waals surface area contributed by atoms with E-state index in [9.17, 15) is 4.79 Å². The maximum absolute atomic E-state index is 11.5. The summed E-state index contributed by atoms with van der Waals surface area (Å²) in [5, 5.41) is 0.180. The van der Waals surface area contributed by atoms with Crippen molar-refractivity contribution >= 4 is 25.7 Å². The summed E-state index contributed by atoms with van der Waals surface area (Å²) in [4.78, 5) is 11.5. The average Bonchev–Trinajstić information content (AvgIpc) is 3.13. The van der Waals surface area contributed by atoms with Gasteiger partial charge in [-0.15, -0.1) is 0 Å². The number of hydroxylamine groups is 1. The van der Waals surface area contributed by atoms with Crippen molar-refractivity contribution in [1.29, 1.82) is 0 Å². The molecular formula is C45H91NO4SSi. The van der Waals surface area contributed by atoms with Crippen LogP contribution in [0.1, 0.15) is 245 Å². The normalized spacial score (nSPS) is 18.1. The minimum Gasteiger partial charge on any atom is -0.373 e. The van der Waals surface area contributed by atoms with Crippen LogP contribution >= 0.6 is 11.8 Å². The van der Waals surface area contributed by atoms with Crippen LogP contribution in [0.4, 0.5) is 0 Å². The fourth-order valence-corrected chi connectivity index (χ4v) is 10.9. The lowest BCUT2D eigenvalue weighted by molar-refractivity contribution is -0.109. The highest BCUT2D eigenvalue weighted by molar-refractivity contribution is 8.13. The first-order chi connectivity index (χ1) is 25.6. The summed E-state index contributed by atoms with van der Waals surface area (Å²) in [7, 11) is -2.79. The van der Waals surface area contributed by atoms with Crippen molar-refractivity contribution < 1.29 is 18.2 Å². The predicted octanol–water partition coefficient (Wildman–Crippen LogP) is 15.1. The molecule has 52 heavy (non-hydrogen) atoms. The molecule has 0 aromatic heterocycles. The molecule has 0 saturated carbocycles. The number of nitrogens with one attached hydrogen (secondary N) is 1. The SMILES string of the molecule is CCCCCCCCCCCCCCCCCCO[Si]1(CCCSC(C)=O)OCCC(CCCCCCCCCCCCCCCCCC)CNO1. The van der Waals surface area contributed by atoms with E-state index in [0.717, 1.165) is 50.8 Å². The zero-order valence-electron chi connectivity index (χ0n) is 35.4. The second kappa shape index (κ2) is 39.3. The van der Waals surface area contributed by atoms with E-state index in [1.54, 1.807) is 6.92 Å². The van der Waals surface area contributed by atoms with Crippen LogP contribution in [-0.2, 0) is 18.2 Å². The summed E-state index contributed by atoms with van der Waals surface area (Å²) >= 11 is 1.40. The molecule has 2 atom stereocenters. The van der Waals surface area contributed by atoms with Crippen molar-refractivity contribution in [2.75, 3.05) is 25.5 Å². The van der Waals surface area contributed by atoms with Gasteiger partial charge in [0.15, 0.2) is 5.12 Å². The minimum absolute atomic E-state index is 0.180. The minimum atomic E-state index is -2.79. The summed E-state index contributed by atoms with van der Waals surface area (Å²) in [6.07, 6.45) is 47.8. The van der Waals surface area contributed by atoms with Crippen LogP contribution in [0.5, 0.6) is 0 Å². The molecule has 2 unspecified atom stereocenters. The Bertz CT molecular complexity index is 734. The molecule has 7 heteroatoms. The summed E-state index contributed by atoms with van der Waals surface area (Å²) in [5.74, 6) is 1.41. The molecule has 1 fully saturated rings. The van der Waals surface area contributed by atoms with Crippen LogP contribution in [0.25, 0.3) is 0 Å². The second-order valence-corrected chi connectivity index (χ2v) is 20.2. The van der Waals surface area contributed by atoms with Gasteiger partial charge in [-0.1, -0.05) is 225 Å². The fourth-order valence-electron chi connectivity index (χ4n) is 7.66. The topological polar surface area (TPSA) is 56.8 Å². The van der Waals surface area contributed by atoms with Crippen LogP contribution in [-0.4, -0.2) is 39.4 Å². The van der Waals surface area contributed by atoms with E-state index < -0.39 is 8.80 Å². The highest BCUT2D eigenvalue weighted by atomic mass is 32.2. The lowest BCUT2D eigenvalue weighted by Gasteiger charge is -2.33. The Morgan fingerprint density at radius 2 is 1.00 bits per heavy atom. The number of carbonyl (C=O) groups excluding carboxylic acids is 1. The third-order valence-corrected chi connectivity index (χ3v) is 14.8. The number of unbranched alkanes of at least 4 members (excludes halogenated alkanes) is 30.